The third-order valence-electron chi connectivity index (χ3n) is 8.88. The Kier molecular flexibility index (Phi) is 9.03. The van der Waals surface area contributed by atoms with Gasteiger partial charge in [0, 0.05) is 0 Å². The van der Waals surface area contributed by atoms with Crippen molar-refractivity contribution in [3.8, 4) is 0 Å². The number of ether oxygens (including phenoxy) is 2. The quantitative estimate of drug-likeness (QED) is 0.286. The number of hydrogen-bond acceptors (Lipinski definition) is 4. The summed E-state index contributed by atoms with van der Waals surface area (Å²) >= 11 is 0. The van der Waals surface area contributed by atoms with Gasteiger partial charge >= 0.3 is 11.9 Å². The molecule has 0 amide bonds. The van der Waals surface area contributed by atoms with Gasteiger partial charge in [-0.3, -0.25) is 9.59 Å². The first-order valence-electron chi connectivity index (χ1n) is 12.1. The van der Waals surface area contributed by atoms with Crippen LogP contribution in [0.4, 0.5) is 0 Å². The molecule has 30 heavy (non-hydrogen) atoms. The summed E-state index contributed by atoms with van der Waals surface area (Å²) in [4.78, 5) is 27.0. The molecular weight excluding hydrogens is 376 g/mol. The molecule has 1 rings (SSSR count). The first-order valence-corrected chi connectivity index (χ1v) is 12.1. The van der Waals surface area contributed by atoms with Gasteiger partial charge in [0.05, 0.1) is 24.0 Å². The lowest BCUT2D eigenvalue weighted by atomic mass is 9.39. The second-order valence-corrected chi connectivity index (χ2v) is 11.1. The Bertz CT molecular complexity index is 546. The summed E-state index contributed by atoms with van der Waals surface area (Å²) in [6.07, 6.45) is 4.85. The minimum absolute atomic E-state index is 0.108. The van der Waals surface area contributed by atoms with E-state index < -0.39 is 10.8 Å². The van der Waals surface area contributed by atoms with Crippen molar-refractivity contribution < 1.29 is 19.1 Å². The summed E-state index contributed by atoms with van der Waals surface area (Å²) in [6, 6.07) is 0. The van der Waals surface area contributed by atoms with Crippen LogP contribution in [0.3, 0.4) is 0 Å². The predicted octanol–water partition coefficient (Wildman–Crippen LogP) is 6.80. The van der Waals surface area contributed by atoms with Crippen molar-refractivity contribution in [1.82, 2.24) is 0 Å². The van der Waals surface area contributed by atoms with Crippen molar-refractivity contribution in [2.24, 2.45) is 33.5 Å². The van der Waals surface area contributed by atoms with E-state index in [9.17, 15) is 9.59 Å². The van der Waals surface area contributed by atoms with E-state index in [0.29, 0.717) is 37.9 Å². The summed E-state index contributed by atoms with van der Waals surface area (Å²) in [6.45, 7) is 22.4. The number of rotatable bonds is 10. The third-order valence-corrected chi connectivity index (χ3v) is 8.88. The van der Waals surface area contributed by atoms with Crippen molar-refractivity contribution in [2.75, 3.05) is 13.2 Å². The second kappa shape index (κ2) is 10.0. The third kappa shape index (κ3) is 4.58. The van der Waals surface area contributed by atoms with Crippen LogP contribution in [-0.4, -0.2) is 25.2 Å². The molecule has 0 spiro atoms. The van der Waals surface area contributed by atoms with Crippen LogP contribution in [0.1, 0.15) is 108 Å². The van der Waals surface area contributed by atoms with Crippen LogP contribution in [0.25, 0.3) is 0 Å². The molecule has 0 aromatic rings. The lowest BCUT2D eigenvalue weighted by Gasteiger charge is -2.64. The zero-order valence-electron chi connectivity index (χ0n) is 21.4. The molecule has 1 saturated carbocycles. The molecule has 176 valence electrons. The summed E-state index contributed by atoms with van der Waals surface area (Å²) in [5, 5.41) is 0. The van der Waals surface area contributed by atoms with E-state index >= 15 is 0 Å². The Morgan fingerprint density at radius 1 is 0.700 bits per heavy atom. The van der Waals surface area contributed by atoms with Crippen LogP contribution in [0.5, 0.6) is 0 Å². The molecule has 0 aromatic heterocycles. The van der Waals surface area contributed by atoms with E-state index in [4.69, 9.17) is 9.47 Å². The van der Waals surface area contributed by atoms with E-state index in [-0.39, 0.29) is 22.8 Å². The van der Waals surface area contributed by atoms with Gasteiger partial charge in [0.2, 0.25) is 0 Å². The second-order valence-electron chi connectivity index (χ2n) is 11.1. The Morgan fingerprint density at radius 3 is 1.23 bits per heavy atom. The Labute approximate surface area is 185 Å². The molecule has 0 aromatic carbocycles. The van der Waals surface area contributed by atoms with E-state index in [1.807, 2.05) is 13.8 Å². The lowest BCUT2D eigenvalue weighted by Crippen LogP contribution is -2.64. The molecule has 0 heterocycles. The SMILES string of the molecule is CCCCOC(=O)C1(C)CC(C)(C(C)C)C(C)(C(C)C)CC1(C)C(=O)OCCCC. The van der Waals surface area contributed by atoms with Crippen molar-refractivity contribution in [2.45, 2.75) is 108 Å². The van der Waals surface area contributed by atoms with Gasteiger partial charge in [0.1, 0.15) is 0 Å². The molecule has 4 unspecified atom stereocenters. The first kappa shape index (κ1) is 27.0. The van der Waals surface area contributed by atoms with Gasteiger partial charge in [-0.1, -0.05) is 68.2 Å². The molecule has 0 N–H and O–H groups in total. The van der Waals surface area contributed by atoms with Crippen LogP contribution in [0, 0.1) is 33.5 Å². The lowest BCUT2D eigenvalue weighted by molar-refractivity contribution is -0.214. The highest BCUT2D eigenvalue weighted by molar-refractivity contribution is 5.88. The summed E-state index contributed by atoms with van der Waals surface area (Å²) in [5.41, 5.74) is -2.05. The molecule has 1 fully saturated rings. The van der Waals surface area contributed by atoms with E-state index in [0.717, 1.165) is 25.7 Å². The number of esters is 2. The molecule has 4 atom stereocenters. The van der Waals surface area contributed by atoms with Crippen molar-refractivity contribution in [3.63, 3.8) is 0 Å². The van der Waals surface area contributed by atoms with Crippen LogP contribution in [0.2, 0.25) is 0 Å². The fraction of sp³-hybridized carbons (Fsp3) is 0.923. The maximum absolute atomic E-state index is 13.5. The van der Waals surface area contributed by atoms with Gasteiger partial charge in [0.25, 0.3) is 0 Å². The van der Waals surface area contributed by atoms with Crippen LogP contribution in [0.15, 0.2) is 0 Å². The maximum atomic E-state index is 13.5. The Balaban J connectivity index is 3.50. The Hall–Kier alpha value is -1.06. The standard InChI is InChI=1S/C26H48O4/c1-11-13-15-29-21(27)25(9)17-23(7,19(3)4)24(8,20(5)6)18-26(25,10)22(28)30-16-14-12-2/h19-20H,11-18H2,1-10H3. The van der Waals surface area contributed by atoms with Crippen LogP contribution >= 0.6 is 0 Å². The monoisotopic (exact) mass is 424 g/mol. The number of unbranched alkanes of at least 4 members (excludes halogenated alkanes) is 2. The molecule has 0 aliphatic heterocycles. The maximum Gasteiger partial charge on any atom is 0.312 e. The van der Waals surface area contributed by atoms with Gasteiger partial charge in [-0.2, -0.15) is 0 Å². The number of carbonyl (C=O) groups is 2. The largest absolute Gasteiger partial charge is 0.465 e. The van der Waals surface area contributed by atoms with E-state index in [2.05, 4.69) is 55.4 Å². The first-order chi connectivity index (χ1) is 13.8. The highest BCUT2D eigenvalue weighted by Crippen LogP contribution is 2.68. The molecule has 4 heteroatoms. The fourth-order valence-corrected chi connectivity index (χ4v) is 5.52. The zero-order chi connectivity index (χ0) is 23.4. The molecule has 0 saturated heterocycles. The van der Waals surface area contributed by atoms with Crippen molar-refractivity contribution >= 4 is 11.9 Å². The summed E-state index contributed by atoms with van der Waals surface area (Å²) in [7, 11) is 0. The highest BCUT2D eigenvalue weighted by atomic mass is 16.5. The van der Waals surface area contributed by atoms with Gasteiger partial charge in [-0.15, -0.1) is 0 Å². The molecule has 0 radical (unpaired) electrons. The zero-order valence-corrected chi connectivity index (χ0v) is 21.4. The molecule has 1 aliphatic carbocycles. The van der Waals surface area contributed by atoms with Gasteiger partial charge in [0.15, 0.2) is 0 Å². The topological polar surface area (TPSA) is 52.6 Å². The van der Waals surface area contributed by atoms with Gasteiger partial charge in [-0.25, -0.2) is 0 Å². The predicted molar refractivity (Wildman–Crippen MR) is 123 cm³/mol. The minimum atomic E-state index is -0.919. The molecule has 0 bridgehead atoms. The minimum Gasteiger partial charge on any atom is -0.465 e. The average Bonchev–Trinajstić information content (AvgIpc) is 2.66. The normalized spacial score (nSPS) is 34.3. The number of hydrogen-bond donors (Lipinski definition) is 0. The van der Waals surface area contributed by atoms with Crippen molar-refractivity contribution in [1.29, 1.82) is 0 Å². The van der Waals surface area contributed by atoms with Crippen LogP contribution < -0.4 is 0 Å². The Morgan fingerprint density at radius 2 is 1.00 bits per heavy atom. The molecule has 1 aliphatic rings. The average molecular weight is 425 g/mol. The molecule has 4 nitrogen and oxygen atoms in total. The van der Waals surface area contributed by atoms with Gasteiger partial charge < -0.3 is 9.47 Å². The van der Waals surface area contributed by atoms with E-state index in [1.165, 1.54) is 0 Å². The fourth-order valence-electron chi connectivity index (χ4n) is 5.52. The molecular formula is C26H48O4. The van der Waals surface area contributed by atoms with E-state index in [1.54, 1.807) is 0 Å². The van der Waals surface area contributed by atoms with Crippen LogP contribution in [-0.2, 0) is 19.1 Å². The summed E-state index contributed by atoms with van der Waals surface area (Å²) in [5.74, 6) is 0.244. The number of carbonyl (C=O) groups excluding carboxylic acids is 2. The smallest absolute Gasteiger partial charge is 0.312 e. The van der Waals surface area contributed by atoms with Gasteiger partial charge in [-0.05, 0) is 62.2 Å². The summed E-state index contributed by atoms with van der Waals surface area (Å²) < 4.78 is 11.5. The highest BCUT2D eigenvalue weighted by Gasteiger charge is 2.69. The van der Waals surface area contributed by atoms with Crippen molar-refractivity contribution in [3.05, 3.63) is 0 Å².